The molecule has 1 aromatic carbocycles. The maximum atomic E-state index is 12.6. The van der Waals surface area contributed by atoms with Crippen LogP contribution < -0.4 is 41.4 Å². The van der Waals surface area contributed by atoms with Gasteiger partial charge in [-0.05, 0) is 37.5 Å². The SMILES string of the molecule is CC(=O)NC1C(O)[C@H](O[C@@H]2OC(CO)[C@H](O)C(O[C@H]3OC(CO)[C@H](O)C(O)[C@@H]3O)C2O)C(CO)O[C@H]1OCCCNC(=O)CCOCCNC(=O)COc1cc(C)cc(OCC(=O)NCCOCCC(=O)NCCCO[C@@H]2OC(CO)[C@@H](O[C@@H]3OC(CO)[C@H](O)C(O[C@H]4OC(CO)[C@H](O)C(O)[C@@H]4O)C3O)C(O)C2NC(C)=O)c1. The summed E-state index contributed by atoms with van der Waals surface area (Å²) >= 11 is 0. The van der Waals surface area contributed by atoms with Gasteiger partial charge in [0, 0.05) is 58.9 Å². The number of ether oxygens (including phenoxy) is 16. The molecule has 6 saturated heterocycles. The Bertz CT molecular complexity index is 2860. The highest BCUT2D eigenvalue weighted by Gasteiger charge is 2.57. The zero-order valence-corrected chi connectivity index (χ0v) is 62.1. The van der Waals surface area contributed by atoms with Gasteiger partial charge in [0.1, 0.15) is 158 Å². The fraction of sp³-hybridized carbons (Fsp3) is 0.821. The van der Waals surface area contributed by atoms with Gasteiger partial charge < -0.3 is 200 Å². The van der Waals surface area contributed by atoms with E-state index >= 15 is 0 Å². The molecule has 0 bridgehead atoms. The number of hydrogen-bond acceptors (Lipinski definition) is 40. The van der Waals surface area contributed by atoms with Crippen molar-refractivity contribution in [3.8, 4) is 11.5 Å². The number of aliphatic hydroxyl groups is 18. The number of aryl methyl sites for hydroxylation is 1. The van der Waals surface area contributed by atoms with E-state index in [9.17, 15) is 121 Å². The third-order valence-electron chi connectivity index (χ3n) is 18.7. The first kappa shape index (κ1) is 94.5. The molecule has 30 atom stereocenters. The molecule has 1 aromatic rings. The van der Waals surface area contributed by atoms with Gasteiger partial charge >= 0.3 is 0 Å². The molecule has 113 heavy (non-hydrogen) atoms. The smallest absolute Gasteiger partial charge is 0.258 e. The lowest BCUT2D eigenvalue weighted by Crippen LogP contribution is -2.68. The zero-order chi connectivity index (χ0) is 82.8. The lowest BCUT2D eigenvalue weighted by molar-refractivity contribution is -0.376. The van der Waals surface area contributed by atoms with Crippen molar-refractivity contribution >= 4 is 35.4 Å². The zero-order valence-electron chi connectivity index (χ0n) is 62.1. The number of amides is 6. The Hall–Kier alpha value is -5.64. The van der Waals surface area contributed by atoms with E-state index in [4.69, 9.17) is 75.8 Å². The molecule has 46 nitrogen and oxygen atoms in total. The van der Waals surface area contributed by atoms with Crippen LogP contribution in [0.4, 0.5) is 0 Å². The average molecular weight is 1640 g/mol. The van der Waals surface area contributed by atoms with Crippen molar-refractivity contribution in [3.05, 3.63) is 23.8 Å². The summed E-state index contributed by atoms with van der Waals surface area (Å²) in [7, 11) is 0. The van der Waals surface area contributed by atoms with E-state index in [0.29, 0.717) is 5.56 Å². The third-order valence-corrected chi connectivity index (χ3v) is 18.7. The lowest BCUT2D eigenvalue weighted by atomic mass is 9.95. The van der Waals surface area contributed by atoms with Crippen molar-refractivity contribution in [2.45, 2.75) is 231 Å². The summed E-state index contributed by atoms with van der Waals surface area (Å²) in [4.78, 5) is 74.9. The first-order chi connectivity index (χ1) is 54.0. The van der Waals surface area contributed by atoms with Crippen molar-refractivity contribution in [2.75, 3.05) is 119 Å². The second-order valence-corrected chi connectivity index (χ2v) is 27.2. The maximum absolute atomic E-state index is 12.6. The number of benzene rings is 1. The van der Waals surface area contributed by atoms with E-state index in [1.807, 2.05) is 0 Å². The normalized spacial score (nSPS) is 36.0. The molecule has 648 valence electrons. The first-order valence-corrected chi connectivity index (χ1v) is 36.7. The van der Waals surface area contributed by atoms with Gasteiger partial charge in [-0.2, -0.15) is 0 Å². The van der Waals surface area contributed by atoms with Crippen molar-refractivity contribution in [2.24, 2.45) is 0 Å². The predicted molar refractivity (Wildman–Crippen MR) is 367 cm³/mol. The number of hydrogen-bond donors (Lipinski definition) is 24. The Morgan fingerprint density at radius 2 is 0.664 bits per heavy atom. The summed E-state index contributed by atoms with van der Waals surface area (Å²) in [6.07, 6.45) is -48.0. The number of nitrogens with one attached hydrogen (secondary N) is 6. The van der Waals surface area contributed by atoms with Crippen LogP contribution in [0.25, 0.3) is 0 Å². The minimum Gasteiger partial charge on any atom is -0.484 e. The third kappa shape index (κ3) is 27.2. The summed E-state index contributed by atoms with van der Waals surface area (Å²) in [5.41, 5.74) is 0.693. The minimum atomic E-state index is -2.01. The van der Waals surface area contributed by atoms with Crippen LogP contribution in [0.1, 0.15) is 45.1 Å². The monoisotopic (exact) mass is 1640 g/mol. The van der Waals surface area contributed by atoms with Crippen molar-refractivity contribution in [1.82, 2.24) is 31.9 Å². The lowest BCUT2D eigenvalue weighted by Gasteiger charge is -2.48. The first-order valence-electron chi connectivity index (χ1n) is 36.7. The van der Waals surface area contributed by atoms with Crippen LogP contribution in [0.15, 0.2) is 18.2 Å². The topological polar surface area (TPSA) is 686 Å². The maximum Gasteiger partial charge on any atom is 0.258 e. The molecular weight excluding hydrogens is 1530 g/mol. The quantitative estimate of drug-likeness (QED) is 0.0270. The van der Waals surface area contributed by atoms with E-state index in [1.54, 1.807) is 19.1 Å². The Labute approximate surface area is 646 Å². The standard InChI is InChI=1S/C67H110N6O40/c1-29-18-32(102-27-42(84)70-10-16-98-14-6-40(82)68-8-4-12-100-62-44(72-30(2)80)50(90)58(38(25-78)108-62)110-66-56(96)60(48(88)36(23-76)106-66)112-64-54(94)52(92)46(86)34(21-74)104-64)20-33(19-29)103-28-43(85)71-11-17-99-15-7-41(83)69-9-5-13-101-63-45(73-31(3)81)51(91)59(39(26-79)109-63)111-67-57(97)61(49(89)37(24-77)107-67)113-65-55(95)53(93)47(87)35(22-75)105-65/h18-20,34-39,44-67,74-79,86-97H,4-17,21-28H2,1-3H3,(H,68,82)(H,69,83)(H,70,84)(H,71,85)(H,72,80)(H,73,81)/t34?,35?,36?,37?,38?,39?,44?,45?,46-,47-,48-,49-,50?,51?,52?,53?,54-,55-,56?,57?,58+,59+,60?,61?,62+,63+,64+,65+,66-,67-/m0/s1. The minimum absolute atomic E-state index is 0.00761. The van der Waals surface area contributed by atoms with E-state index in [2.05, 4.69) is 31.9 Å². The van der Waals surface area contributed by atoms with Gasteiger partial charge in [0.2, 0.25) is 23.6 Å². The van der Waals surface area contributed by atoms with Gasteiger partial charge in [-0.25, -0.2) is 0 Å². The molecule has 46 heteroatoms. The Balaban J connectivity index is 0.708. The number of rotatable bonds is 44. The molecular formula is C67H110N6O40. The summed E-state index contributed by atoms with van der Waals surface area (Å²) in [5.74, 6) is -2.52. The molecule has 6 aliphatic rings. The molecule has 0 aromatic heterocycles. The van der Waals surface area contributed by atoms with Crippen molar-refractivity contribution in [3.63, 3.8) is 0 Å². The molecule has 0 spiro atoms. The molecule has 0 radical (unpaired) electrons. The summed E-state index contributed by atoms with van der Waals surface area (Å²) in [6, 6.07) is 2.03. The predicted octanol–water partition coefficient (Wildman–Crippen LogP) is -14.0. The van der Waals surface area contributed by atoms with E-state index in [0.717, 1.165) is 13.8 Å². The molecule has 6 aliphatic heterocycles. The Morgan fingerprint density at radius 1 is 0.345 bits per heavy atom. The van der Waals surface area contributed by atoms with E-state index < -0.39 is 259 Å². The highest BCUT2D eigenvalue weighted by Crippen LogP contribution is 2.36. The van der Waals surface area contributed by atoms with Gasteiger partial charge in [0.25, 0.3) is 11.8 Å². The summed E-state index contributed by atoms with van der Waals surface area (Å²) < 4.78 is 90.5. The fourth-order valence-corrected chi connectivity index (χ4v) is 12.7. The van der Waals surface area contributed by atoms with E-state index in [-0.39, 0.29) is 116 Å². The summed E-state index contributed by atoms with van der Waals surface area (Å²) in [6.45, 7) is -1.63. The number of carbonyl (C=O) groups is 6. The van der Waals surface area contributed by atoms with Gasteiger partial charge in [0.15, 0.2) is 51.0 Å². The van der Waals surface area contributed by atoms with Crippen LogP contribution in [-0.4, -0.2) is 430 Å². The van der Waals surface area contributed by atoms with Gasteiger partial charge in [-0.1, -0.05) is 0 Å². The average Bonchev–Trinajstić information content (AvgIpc) is 0.778. The van der Waals surface area contributed by atoms with Crippen LogP contribution in [0.2, 0.25) is 0 Å². The molecule has 7 rings (SSSR count). The van der Waals surface area contributed by atoms with Gasteiger partial charge in [-0.15, -0.1) is 0 Å². The van der Waals surface area contributed by atoms with Gasteiger partial charge in [-0.3, -0.25) is 28.8 Å². The fourth-order valence-electron chi connectivity index (χ4n) is 12.7. The largest absolute Gasteiger partial charge is 0.484 e. The van der Waals surface area contributed by atoms with Gasteiger partial charge in [0.05, 0.1) is 79.3 Å². The Kier molecular flexibility index (Phi) is 39.4. The van der Waals surface area contributed by atoms with Crippen LogP contribution >= 0.6 is 0 Å². The number of carbonyl (C=O) groups excluding carboxylic acids is 6. The molecule has 6 amide bonds. The molecule has 16 unspecified atom stereocenters. The second kappa shape index (κ2) is 47.1. The van der Waals surface area contributed by atoms with Crippen LogP contribution in [0.5, 0.6) is 11.5 Å². The number of aliphatic hydroxyl groups excluding tert-OH is 18. The molecule has 24 N–H and O–H groups in total. The second-order valence-electron chi connectivity index (χ2n) is 27.2. The molecule has 6 fully saturated rings. The van der Waals surface area contributed by atoms with Crippen LogP contribution in [0.3, 0.4) is 0 Å². The highest BCUT2D eigenvalue weighted by molar-refractivity contribution is 5.78. The van der Waals surface area contributed by atoms with Crippen LogP contribution in [0, 0.1) is 6.92 Å². The van der Waals surface area contributed by atoms with Crippen LogP contribution in [-0.2, 0) is 95.1 Å². The van der Waals surface area contributed by atoms with Crippen molar-refractivity contribution < 1.29 is 196 Å². The molecule has 0 aliphatic carbocycles. The van der Waals surface area contributed by atoms with Crippen molar-refractivity contribution in [1.29, 1.82) is 0 Å². The highest BCUT2D eigenvalue weighted by atomic mass is 16.8. The molecule has 0 saturated carbocycles. The summed E-state index contributed by atoms with van der Waals surface area (Å²) in [5, 5.41) is 205. The molecule has 6 heterocycles. The Morgan fingerprint density at radius 3 is 1.01 bits per heavy atom. The van der Waals surface area contributed by atoms with E-state index in [1.165, 1.54) is 6.07 Å².